The Morgan fingerprint density at radius 1 is 1.21 bits per heavy atom. The van der Waals surface area contributed by atoms with E-state index in [1.54, 1.807) is 17.8 Å². The van der Waals surface area contributed by atoms with Crippen LogP contribution in [-0.4, -0.2) is 36.6 Å². The average molecular weight is 424 g/mol. The summed E-state index contributed by atoms with van der Waals surface area (Å²) in [7, 11) is 0. The van der Waals surface area contributed by atoms with Gasteiger partial charge >= 0.3 is 0 Å². The van der Waals surface area contributed by atoms with Crippen LogP contribution < -0.4 is 0 Å². The lowest BCUT2D eigenvalue weighted by Crippen LogP contribution is -2.35. The van der Waals surface area contributed by atoms with Gasteiger partial charge in [0.2, 0.25) is 5.17 Å². The van der Waals surface area contributed by atoms with Crippen LogP contribution in [0, 0.1) is 26.2 Å². The fourth-order valence-electron chi connectivity index (χ4n) is 3.34. The monoisotopic (exact) mass is 423 g/mol. The summed E-state index contributed by atoms with van der Waals surface area (Å²) < 4.78 is 2.96. The number of thioether (sulfide) groups is 2. The third-order valence-corrected chi connectivity index (χ3v) is 6.69. The van der Waals surface area contributed by atoms with Crippen molar-refractivity contribution in [2.45, 2.75) is 27.7 Å². The van der Waals surface area contributed by atoms with E-state index in [2.05, 4.69) is 45.9 Å². The average Bonchev–Trinajstić information content (AvgIpc) is 3.20. The molecule has 0 spiro atoms. The Balaban J connectivity index is 1.72. The van der Waals surface area contributed by atoms with Crippen molar-refractivity contribution in [3.8, 4) is 5.69 Å². The number of amides is 1. The fourth-order valence-corrected chi connectivity index (χ4v) is 5.16. The van der Waals surface area contributed by atoms with E-state index in [9.17, 15) is 4.79 Å². The minimum atomic E-state index is -0.396. The van der Waals surface area contributed by atoms with E-state index >= 15 is 0 Å². The van der Waals surface area contributed by atoms with E-state index in [-0.39, 0.29) is 11.4 Å². The molecule has 0 saturated carbocycles. The minimum Gasteiger partial charge on any atom is -0.318 e. The molecule has 0 aliphatic carbocycles. The second-order valence-electron chi connectivity index (χ2n) is 6.82. The van der Waals surface area contributed by atoms with Gasteiger partial charge in [-0.15, -0.1) is 5.10 Å². The number of aliphatic imine (C=N–C) groups is 1. The Morgan fingerprint density at radius 3 is 2.62 bits per heavy atom. The number of nitrogens with one attached hydrogen (secondary N) is 1. The first-order valence-electron chi connectivity index (χ1n) is 9.28. The van der Waals surface area contributed by atoms with Crippen molar-refractivity contribution in [1.82, 2.24) is 9.58 Å². The molecule has 3 heterocycles. The molecular weight excluding hydrogens is 402 g/mol. The predicted octanol–water partition coefficient (Wildman–Crippen LogP) is 4.73. The molecule has 2 aromatic rings. The quantitative estimate of drug-likeness (QED) is 0.724. The molecule has 1 aromatic carbocycles. The van der Waals surface area contributed by atoms with Crippen LogP contribution in [0.4, 0.5) is 0 Å². The van der Waals surface area contributed by atoms with Crippen molar-refractivity contribution in [3.05, 3.63) is 58.4 Å². The number of benzene rings is 1. The van der Waals surface area contributed by atoms with Crippen molar-refractivity contribution >= 4 is 50.9 Å². The van der Waals surface area contributed by atoms with Crippen molar-refractivity contribution in [2.24, 2.45) is 10.1 Å². The maximum Gasteiger partial charge on any atom is 0.283 e. The Labute approximate surface area is 178 Å². The number of aromatic nitrogens is 1. The molecule has 0 atom stereocenters. The number of carbonyl (C=O) groups excluding carboxylic acids is 1. The summed E-state index contributed by atoms with van der Waals surface area (Å²) in [6.45, 7) is 8.16. The highest BCUT2D eigenvalue weighted by atomic mass is 32.2. The number of rotatable bonds is 3. The molecule has 2 aliphatic heterocycles. The lowest BCUT2D eigenvalue weighted by atomic mass is 10.1. The van der Waals surface area contributed by atoms with Crippen LogP contribution in [0.25, 0.3) is 11.8 Å². The lowest BCUT2D eigenvalue weighted by Gasteiger charge is -2.20. The van der Waals surface area contributed by atoms with Crippen molar-refractivity contribution in [1.29, 1.82) is 5.41 Å². The number of nitrogens with zero attached hydrogens (tertiary/aromatic N) is 4. The molecule has 1 aromatic heterocycles. The molecule has 4 rings (SSSR count). The van der Waals surface area contributed by atoms with E-state index < -0.39 is 5.91 Å². The third-order valence-electron chi connectivity index (χ3n) is 4.77. The first kappa shape index (κ1) is 19.7. The Hall–Kier alpha value is -2.58. The molecule has 0 bridgehead atoms. The molecular formula is C21H21N5OS2. The Kier molecular flexibility index (Phi) is 5.23. The van der Waals surface area contributed by atoms with Gasteiger partial charge in [0.15, 0.2) is 10.2 Å². The number of hydrogen-bond donors (Lipinski definition) is 1. The Morgan fingerprint density at radius 2 is 1.93 bits per heavy atom. The van der Waals surface area contributed by atoms with Gasteiger partial charge in [-0.2, -0.15) is 10.0 Å². The SMILES string of the molecule is CCSC1=NN2C(=N)/C(=C\c3cc(C)n(-c4ccc(C)cc4)c3C)C(=O)N=C2S1. The van der Waals surface area contributed by atoms with Crippen LogP contribution in [0.1, 0.15) is 29.4 Å². The number of fused-ring (bicyclic) bond motifs is 1. The lowest BCUT2D eigenvalue weighted by molar-refractivity contribution is -0.114. The summed E-state index contributed by atoms with van der Waals surface area (Å²) >= 11 is 2.92. The molecule has 0 unspecified atom stereocenters. The molecule has 29 heavy (non-hydrogen) atoms. The molecule has 2 aliphatic rings. The van der Waals surface area contributed by atoms with Crippen LogP contribution in [0.5, 0.6) is 0 Å². The second kappa shape index (κ2) is 7.68. The van der Waals surface area contributed by atoms with E-state index in [1.807, 2.05) is 26.8 Å². The standard InChI is InChI=1S/C21H21N5OS2/c1-5-28-21-24-26-18(22)17(19(27)23-20(26)29-21)11-15-10-13(3)25(14(15)4)16-8-6-12(2)7-9-16/h6-11,22H,5H2,1-4H3/b17-11+,22-18?. The molecule has 0 fully saturated rings. The van der Waals surface area contributed by atoms with Gasteiger partial charge in [-0.05, 0) is 68.1 Å². The number of hydrogen-bond acceptors (Lipinski definition) is 5. The zero-order valence-electron chi connectivity index (χ0n) is 16.7. The van der Waals surface area contributed by atoms with Gasteiger partial charge in [-0.3, -0.25) is 10.2 Å². The molecule has 6 nitrogen and oxygen atoms in total. The Bertz CT molecular complexity index is 1110. The largest absolute Gasteiger partial charge is 0.318 e. The van der Waals surface area contributed by atoms with Crippen molar-refractivity contribution in [2.75, 3.05) is 5.75 Å². The summed E-state index contributed by atoms with van der Waals surface area (Å²) in [5.41, 5.74) is 5.50. The highest BCUT2D eigenvalue weighted by Gasteiger charge is 2.35. The van der Waals surface area contributed by atoms with Gasteiger partial charge < -0.3 is 4.57 Å². The van der Waals surface area contributed by atoms with E-state index in [1.165, 1.54) is 22.3 Å². The van der Waals surface area contributed by atoms with E-state index in [0.717, 1.165) is 32.8 Å². The van der Waals surface area contributed by atoms with Crippen LogP contribution >= 0.6 is 23.5 Å². The van der Waals surface area contributed by atoms with Crippen LogP contribution in [0.2, 0.25) is 0 Å². The number of amidine groups is 2. The zero-order chi connectivity index (χ0) is 20.7. The van der Waals surface area contributed by atoms with Gasteiger partial charge in [0.1, 0.15) is 0 Å². The van der Waals surface area contributed by atoms with Gasteiger partial charge in [0.25, 0.3) is 5.91 Å². The van der Waals surface area contributed by atoms with Crippen LogP contribution in [-0.2, 0) is 4.79 Å². The van der Waals surface area contributed by atoms with E-state index in [4.69, 9.17) is 5.41 Å². The second-order valence-corrected chi connectivity index (χ2v) is 9.28. The minimum absolute atomic E-state index is 0.0688. The summed E-state index contributed by atoms with van der Waals surface area (Å²) in [4.78, 5) is 16.8. The fraction of sp³-hybridized carbons (Fsp3) is 0.238. The van der Waals surface area contributed by atoms with Gasteiger partial charge in [-0.25, -0.2) is 0 Å². The highest BCUT2D eigenvalue weighted by molar-refractivity contribution is 8.45. The van der Waals surface area contributed by atoms with Gasteiger partial charge in [-0.1, -0.05) is 36.4 Å². The van der Waals surface area contributed by atoms with Crippen molar-refractivity contribution < 1.29 is 4.79 Å². The number of aryl methyl sites for hydroxylation is 2. The predicted molar refractivity (Wildman–Crippen MR) is 123 cm³/mol. The zero-order valence-corrected chi connectivity index (χ0v) is 18.3. The molecule has 148 valence electrons. The summed E-state index contributed by atoms with van der Waals surface area (Å²) in [6.07, 6.45) is 1.75. The third kappa shape index (κ3) is 3.58. The van der Waals surface area contributed by atoms with Crippen LogP contribution in [0.3, 0.4) is 0 Å². The summed E-state index contributed by atoms with van der Waals surface area (Å²) in [5.74, 6) is 0.549. The number of carbonyl (C=O) groups is 1. The topological polar surface area (TPSA) is 73.8 Å². The molecule has 1 N–H and O–H groups in total. The summed E-state index contributed by atoms with van der Waals surface area (Å²) in [5, 5.41) is 14.9. The summed E-state index contributed by atoms with van der Waals surface area (Å²) in [6, 6.07) is 10.4. The first-order valence-corrected chi connectivity index (χ1v) is 11.1. The highest BCUT2D eigenvalue weighted by Crippen LogP contribution is 2.33. The van der Waals surface area contributed by atoms with Gasteiger partial charge in [0.05, 0.1) is 5.57 Å². The van der Waals surface area contributed by atoms with Crippen LogP contribution in [0.15, 0.2) is 46.0 Å². The molecule has 1 amide bonds. The molecule has 0 radical (unpaired) electrons. The van der Waals surface area contributed by atoms with E-state index in [0.29, 0.717) is 5.17 Å². The molecule has 8 heteroatoms. The van der Waals surface area contributed by atoms with Gasteiger partial charge in [0, 0.05) is 17.1 Å². The normalized spacial score (nSPS) is 17.7. The first-order chi connectivity index (χ1) is 13.9. The maximum absolute atomic E-state index is 12.6. The maximum atomic E-state index is 12.6. The number of hydrazone groups is 1. The smallest absolute Gasteiger partial charge is 0.283 e. The van der Waals surface area contributed by atoms with Crippen molar-refractivity contribution in [3.63, 3.8) is 0 Å². The molecule has 0 saturated heterocycles.